The maximum atomic E-state index is 12.5. The Morgan fingerprint density at radius 2 is 2.00 bits per heavy atom. The number of hydrogen-bond donors (Lipinski definition) is 0. The summed E-state index contributed by atoms with van der Waals surface area (Å²) in [4.78, 5) is 26.3. The zero-order chi connectivity index (χ0) is 16.2. The molecule has 4 heteroatoms. The topological polar surface area (TPSA) is 46.6 Å². The fourth-order valence-electron chi connectivity index (χ4n) is 3.85. The van der Waals surface area contributed by atoms with E-state index in [4.69, 9.17) is 4.74 Å². The number of benzene rings is 1. The van der Waals surface area contributed by atoms with Crippen LogP contribution in [0.25, 0.3) is 0 Å². The fourth-order valence-corrected chi connectivity index (χ4v) is 3.85. The van der Waals surface area contributed by atoms with Crippen LogP contribution in [0, 0.1) is 0 Å². The third-order valence-electron chi connectivity index (χ3n) is 5.06. The summed E-state index contributed by atoms with van der Waals surface area (Å²) in [5.74, 6) is 0.928. The summed E-state index contributed by atoms with van der Waals surface area (Å²) in [6.45, 7) is 2.83. The van der Waals surface area contributed by atoms with E-state index in [-0.39, 0.29) is 18.3 Å². The van der Waals surface area contributed by atoms with Crippen LogP contribution in [0.1, 0.15) is 61.4 Å². The van der Waals surface area contributed by atoms with E-state index in [2.05, 4.69) is 0 Å². The van der Waals surface area contributed by atoms with E-state index >= 15 is 0 Å². The van der Waals surface area contributed by atoms with Gasteiger partial charge in [0.2, 0.25) is 0 Å². The first-order valence-corrected chi connectivity index (χ1v) is 8.78. The monoisotopic (exact) mass is 315 g/mol. The molecule has 1 amide bonds. The molecule has 0 radical (unpaired) electrons. The average molecular weight is 315 g/mol. The third kappa shape index (κ3) is 3.41. The van der Waals surface area contributed by atoms with Gasteiger partial charge in [0.25, 0.3) is 5.91 Å². The van der Waals surface area contributed by atoms with Gasteiger partial charge in [-0.05, 0) is 32.3 Å². The molecule has 2 aliphatic carbocycles. The Morgan fingerprint density at radius 3 is 2.74 bits per heavy atom. The summed E-state index contributed by atoms with van der Waals surface area (Å²) in [7, 11) is 0. The van der Waals surface area contributed by atoms with E-state index in [1.807, 2.05) is 30.0 Å². The molecule has 1 aromatic rings. The summed E-state index contributed by atoms with van der Waals surface area (Å²) in [5.41, 5.74) is 1.72. The summed E-state index contributed by atoms with van der Waals surface area (Å²) in [6.07, 6.45) is 7.19. The number of ketones is 1. The van der Waals surface area contributed by atoms with Gasteiger partial charge in [-0.3, -0.25) is 9.59 Å². The zero-order valence-electron chi connectivity index (χ0n) is 13.8. The molecule has 0 spiro atoms. The maximum Gasteiger partial charge on any atom is 0.260 e. The molecule has 124 valence electrons. The van der Waals surface area contributed by atoms with Crippen molar-refractivity contribution in [1.29, 1.82) is 0 Å². The molecule has 1 fully saturated rings. The van der Waals surface area contributed by atoms with Crippen LogP contribution in [0.4, 0.5) is 0 Å². The Morgan fingerprint density at radius 1 is 1.22 bits per heavy atom. The van der Waals surface area contributed by atoms with Crippen molar-refractivity contribution in [2.75, 3.05) is 13.2 Å². The van der Waals surface area contributed by atoms with E-state index in [0.717, 1.165) is 36.9 Å². The minimum atomic E-state index is 0.0568. The maximum absolute atomic E-state index is 12.5. The number of nitrogens with zero attached hydrogens (tertiary/aromatic N) is 1. The lowest BCUT2D eigenvalue weighted by atomic mass is 9.94. The van der Waals surface area contributed by atoms with Crippen molar-refractivity contribution in [3.8, 4) is 5.75 Å². The highest BCUT2D eigenvalue weighted by Gasteiger charge is 2.26. The highest BCUT2D eigenvalue weighted by atomic mass is 16.5. The van der Waals surface area contributed by atoms with Crippen molar-refractivity contribution in [1.82, 2.24) is 4.90 Å². The predicted octanol–water partition coefficient (Wildman–Crippen LogP) is 3.38. The van der Waals surface area contributed by atoms with E-state index in [0.29, 0.717) is 18.2 Å². The van der Waals surface area contributed by atoms with Crippen molar-refractivity contribution in [2.45, 2.75) is 57.9 Å². The van der Waals surface area contributed by atoms with Crippen LogP contribution in [-0.2, 0) is 11.2 Å². The Hall–Kier alpha value is -1.84. The number of carbonyl (C=O) groups excluding carboxylic acids is 2. The number of Topliss-reactive ketones (excluding diaryl/α,β-unsaturated/α-hetero) is 1. The molecule has 0 atom stereocenters. The number of ether oxygens (including phenoxy) is 1. The van der Waals surface area contributed by atoms with Gasteiger partial charge in [-0.25, -0.2) is 0 Å². The highest BCUT2D eigenvalue weighted by molar-refractivity contribution is 6.01. The first-order valence-electron chi connectivity index (χ1n) is 8.78. The number of carbonyl (C=O) groups is 2. The number of hydrogen-bond acceptors (Lipinski definition) is 3. The normalized spacial score (nSPS) is 17.9. The Labute approximate surface area is 137 Å². The van der Waals surface area contributed by atoms with Gasteiger partial charge in [0.05, 0.1) is 0 Å². The summed E-state index contributed by atoms with van der Waals surface area (Å²) >= 11 is 0. The van der Waals surface area contributed by atoms with Gasteiger partial charge in [-0.15, -0.1) is 0 Å². The molecule has 1 saturated carbocycles. The molecule has 0 aromatic heterocycles. The highest BCUT2D eigenvalue weighted by Crippen LogP contribution is 2.30. The van der Waals surface area contributed by atoms with Crippen LogP contribution < -0.4 is 4.74 Å². The van der Waals surface area contributed by atoms with Gasteiger partial charge in [0.1, 0.15) is 5.75 Å². The molecule has 0 bridgehead atoms. The molecule has 4 nitrogen and oxygen atoms in total. The molecule has 3 rings (SSSR count). The van der Waals surface area contributed by atoms with Gasteiger partial charge >= 0.3 is 0 Å². The second kappa shape index (κ2) is 7.16. The van der Waals surface area contributed by atoms with Crippen molar-refractivity contribution >= 4 is 11.7 Å². The Kier molecular flexibility index (Phi) is 4.99. The molecule has 1 aromatic carbocycles. The second-order valence-electron chi connectivity index (χ2n) is 6.47. The molecule has 0 aliphatic heterocycles. The van der Waals surface area contributed by atoms with Gasteiger partial charge in [-0.1, -0.05) is 31.4 Å². The fraction of sp³-hybridized carbons (Fsp3) is 0.579. The van der Waals surface area contributed by atoms with Crippen molar-refractivity contribution in [2.24, 2.45) is 0 Å². The van der Waals surface area contributed by atoms with Gasteiger partial charge < -0.3 is 9.64 Å². The first-order chi connectivity index (χ1) is 11.2. The quantitative estimate of drug-likeness (QED) is 0.837. The van der Waals surface area contributed by atoms with Gasteiger partial charge in [-0.2, -0.15) is 0 Å². The standard InChI is InChI=1S/C19H25NO3/c1-2-20(14-7-4-3-5-8-14)19(22)13-23-18-10-6-9-15-16(18)11-12-17(15)21/h6,9-10,14H,2-5,7-8,11-13H2,1H3. The van der Waals surface area contributed by atoms with Crippen molar-refractivity contribution < 1.29 is 14.3 Å². The molecule has 0 N–H and O–H groups in total. The first kappa shape index (κ1) is 16.0. The van der Waals surface area contributed by atoms with E-state index in [1.54, 1.807) is 0 Å². The predicted molar refractivity (Wildman–Crippen MR) is 88.8 cm³/mol. The minimum absolute atomic E-state index is 0.0568. The minimum Gasteiger partial charge on any atom is -0.483 e. The number of amides is 1. The van der Waals surface area contributed by atoms with Gasteiger partial charge in [0, 0.05) is 30.1 Å². The Bertz CT molecular complexity index is 590. The third-order valence-corrected chi connectivity index (χ3v) is 5.06. The number of fused-ring (bicyclic) bond motifs is 1. The Balaban J connectivity index is 1.63. The lowest BCUT2D eigenvalue weighted by Crippen LogP contribution is -2.43. The van der Waals surface area contributed by atoms with Crippen molar-refractivity contribution in [3.63, 3.8) is 0 Å². The van der Waals surface area contributed by atoms with Crippen LogP contribution >= 0.6 is 0 Å². The van der Waals surface area contributed by atoms with Crippen LogP contribution in [0.2, 0.25) is 0 Å². The molecule has 0 heterocycles. The molecular weight excluding hydrogens is 290 g/mol. The van der Waals surface area contributed by atoms with E-state index < -0.39 is 0 Å². The lowest BCUT2D eigenvalue weighted by molar-refractivity contribution is -0.136. The van der Waals surface area contributed by atoms with E-state index in [1.165, 1.54) is 19.3 Å². The van der Waals surface area contributed by atoms with Crippen LogP contribution in [0.5, 0.6) is 5.75 Å². The van der Waals surface area contributed by atoms with Crippen LogP contribution in [0.15, 0.2) is 18.2 Å². The average Bonchev–Trinajstić information content (AvgIpc) is 2.97. The van der Waals surface area contributed by atoms with E-state index in [9.17, 15) is 9.59 Å². The second-order valence-corrected chi connectivity index (χ2v) is 6.47. The molecule has 2 aliphatic rings. The molecular formula is C19H25NO3. The summed E-state index contributed by atoms with van der Waals surface area (Å²) in [5, 5.41) is 0. The van der Waals surface area contributed by atoms with Gasteiger partial charge in [0.15, 0.2) is 12.4 Å². The molecule has 0 saturated heterocycles. The largest absolute Gasteiger partial charge is 0.483 e. The van der Waals surface area contributed by atoms with Crippen LogP contribution in [0.3, 0.4) is 0 Å². The summed E-state index contributed by atoms with van der Waals surface area (Å²) in [6, 6.07) is 5.91. The molecule has 0 unspecified atom stereocenters. The summed E-state index contributed by atoms with van der Waals surface area (Å²) < 4.78 is 5.79. The lowest BCUT2D eigenvalue weighted by Gasteiger charge is -2.33. The van der Waals surface area contributed by atoms with Crippen molar-refractivity contribution in [3.05, 3.63) is 29.3 Å². The molecule has 23 heavy (non-hydrogen) atoms. The van der Waals surface area contributed by atoms with Crippen LogP contribution in [-0.4, -0.2) is 35.8 Å². The number of rotatable bonds is 5. The zero-order valence-corrected chi connectivity index (χ0v) is 13.8. The smallest absolute Gasteiger partial charge is 0.260 e. The number of likely N-dealkylation sites (N-methyl/N-ethyl adjacent to an activating group) is 1. The SMILES string of the molecule is CCN(C(=O)COc1cccc2c1CCC2=O)C1CCCCC1.